The van der Waals surface area contributed by atoms with Gasteiger partial charge in [-0.05, 0) is 42.7 Å². The molecule has 1 aliphatic heterocycles. The molecular formula is C21H23N5O2. The number of rotatable bonds is 7. The molecule has 0 amide bonds. The minimum absolute atomic E-state index is 0.0790. The van der Waals surface area contributed by atoms with Gasteiger partial charge in [0.25, 0.3) is 0 Å². The smallest absolute Gasteiger partial charge is 0.233 e. The fraction of sp³-hybridized carbons (Fsp3) is 0.286. The summed E-state index contributed by atoms with van der Waals surface area (Å²) in [5, 5.41) is 11.5. The molecule has 144 valence electrons. The summed E-state index contributed by atoms with van der Waals surface area (Å²) in [5.41, 5.74) is 7.66. The first kappa shape index (κ1) is 18.0. The van der Waals surface area contributed by atoms with Gasteiger partial charge in [0, 0.05) is 18.7 Å². The van der Waals surface area contributed by atoms with E-state index in [2.05, 4.69) is 34.4 Å². The highest BCUT2D eigenvalue weighted by molar-refractivity contribution is 5.75. The van der Waals surface area contributed by atoms with Crippen LogP contribution in [0.4, 0.5) is 0 Å². The molecule has 2 aromatic carbocycles. The summed E-state index contributed by atoms with van der Waals surface area (Å²) in [7, 11) is 0. The van der Waals surface area contributed by atoms with Gasteiger partial charge in [0.05, 0.1) is 12.5 Å². The highest BCUT2D eigenvalue weighted by atomic mass is 16.5. The van der Waals surface area contributed by atoms with Gasteiger partial charge >= 0.3 is 0 Å². The fourth-order valence-electron chi connectivity index (χ4n) is 3.16. The molecule has 0 atom stereocenters. The molecule has 0 saturated carbocycles. The summed E-state index contributed by atoms with van der Waals surface area (Å²) < 4.78 is 11.2. The van der Waals surface area contributed by atoms with Crippen LogP contribution in [-0.2, 0) is 6.42 Å². The zero-order chi connectivity index (χ0) is 19.3. The predicted octanol–water partition coefficient (Wildman–Crippen LogP) is 3.04. The molecule has 7 nitrogen and oxygen atoms in total. The van der Waals surface area contributed by atoms with Crippen LogP contribution in [0.5, 0.6) is 5.75 Å². The maximum absolute atomic E-state index is 7.39. The van der Waals surface area contributed by atoms with Crippen molar-refractivity contribution in [3.8, 4) is 17.1 Å². The molecule has 0 aliphatic carbocycles. The van der Waals surface area contributed by atoms with E-state index in [0.29, 0.717) is 31.4 Å². The van der Waals surface area contributed by atoms with Gasteiger partial charge in [0.15, 0.2) is 5.96 Å². The van der Waals surface area contributed by atoms with E-state index in [0.717, 1.165) is 24.2 Å². The zero-order valence-corrected chi connectivity index (χ0v) is 15.5. The van der Waals surface area contributed by atoms with Gasteiger partial charge in [-0.3, -0.25) is 5.41 Å². The van der Waals surface area contributed by atoms with E-state index in [9.17, 15) is 0 Å². The normalized spacial score (nSPS) is 13.9. The topological polar surface area (TPSA) is 101 Å². The number of likely N-dealkylation sites (tertiary alicyclic amines) is 1. The molecule has 7 heteroatoms. The van der Waals surface area contributed by atoms with Crippen molar-refractivity contribution in [1.29, 1.82) is 5.41 Å². The molecule has 2 heterocycles. The van der Waals surface area contributed by atoms with E-state index in [-0.39, 0.29) is 11.9 Å². The lowest BCUT2D eigenvalue weighted by molar-refractivity contribution is 0.203. The highest BCUT2D eigenvalue weighted by Gasteiger charge is 2.33. The first-order chi connectivity index (χ1) is 13.7. The van der Waals surface area contributed by atoms with E-state index in [1.165, 1.54) is 5.56 Å². The molecule has 1 fully saturated rings. The average Bonchev–Trinajstić information content (AvgIpc) is 3.15. The third-order valence-corrected chi connectivity index (χ3v) is 4.85. The SMILES string of the molecule is N=C(N)N1CC(c2nc(-c3ccc(OCCCc4ccccc4)cc3)no2)C1. The average molecular weight is 377 g/mol. The summed E-state index contributed by atoms with van der Waals surface area (Å²) in [6, 6.07) is 18.1. The Bertz CT molecular complexity index is 917. The molecule has 0 bridgehead atoms. The Morgan fingerprint density at radius 3 is 2.61 bits per heavy atom. The Balaban J connectivity index is 1.27. The quantitative estimate of drug-likeness (QED) is 0.373. The van der Waals surface area contributed by atoms with E-state index in [4.69, 9.17) is 20.4 Å². The number of hydrogen-bond acceptors (Lipinski definition) is 5. The van der Waals surface area contributed by atoms with Gasteiger partial charge in [0.1, 0.15) is 5.75 Å². The van der Waals surface area contributed by atoms with Crippen molar-refractivity contribution in [1.82, 2.24) is 15.0 Å². The van der Waals surface area contributed by atoms with Crippen LogP contribution in [0.2, 0.25) is 0 Å². The fourth-order valence-corrected chi connectivity index (χ4v) is 3.16. The van der Waals surface area contributed by atoms with E-state index in [1.807, 2.05) is 30.3 Å². The molecule has 1 aromatic heterocycles. The minimum atomic E-state index is 0.0790. The Labute approximate surface area is 163 Å². The Morgan fingerprint density at radius 2 is 1.89 bits per heavy atom. The Kier molecular flexibility index (Phi) is 5.23. The Morgan fingerprint density at radius 1 is 1.14 bits per heavy atom. The van der Waals surface area contributed by atoms with Gasteiger partial charge in [-0.15, -0.1) is 0 Å². The molecule has 0 spiro atoms. The molecule has 3 N–H and O–H groups in total. The molecular weight excluding hydrogens is 354 g/mol. The highest BCUT2D eigenvalue weighted by Crippen LogP contribution is 2.27. The van der Waals surface area contributed by atoms with Crippen LogP contribution in [0.15, 0.2) is 59.1 Å². The number of nitrogens with zero attached hydrogens (tertiary/aromatic N) is 3. The van der Waals surface area contributed by atoms with E-state index < -0.39 is 0 Å². The monoisotopic (exact) mass is 377 g/mol. The first-order valence-electron chi connectivity index (χ1n) is 9.39. The van der Waals surface area contributed by atoms with Crippen molar-refractivity contribution in [3.63, 3.8) is 0 Å². The minimum Gasteiger partial charge on any atom is -0.494 e. The first-order valence-corrected chi connectivity index (χ1v) is 9.39. The largest absolute Gasteiger partial charge is 0.494 e. The van der Waals surface area contributed by atoms with Crippen LogP contribution < -0.4 is 10.5 Å². The molecule has 28 heavy (non-hydrogen) atoms. The van der Waals surface area contributed by atoms with Crippen LogP contribution in [0, 0.1) is 5.41 Å². The molecule has 1 aliphatic rings. The van der Waals surface area contributed by atoms with Crippen LogP contribution in [0.3, 0.4) is 0 Å². The number of aryl methyl sites for hydroxylation is 1. The van der Waals surface area contributed by atoms with Crippen LogP contribution in [0.25, 0.3) is 11.4 Å². The van der Waals surface area contributed by atoms with E-state index >= 15 is 0 Å². The molecule has 3 aromatic rings. The number of nitrogens with two attached hydrogens (primary N) is 1. The zero-order valence-electron chi connectivity index (χ0n) is 15.5. The summed E-state index contributed by atoms with van der Waals surface area (Å²) in [6.45, 7) is 1.97. The summed E-state index contributed by atoms with van der Waals surface area (Å²) in [5.74, 6) is 2.20. The number of benzene rings is 2. The standard InChI is InChI=1S/C21H23N5O2/c22-21(23)26-13-17(14-26)20-24-19(25-28-20)16-8-10-18(11-9-16)27-12-4-7-15-5-2-1-3-6-15/h1-3,5-6,8-11,17H,4,7,12-14H2,(H3,22,23). The maximum atomic E-state index is 7.39. The summed E-state index contributed by atoms with van der Waals surface area (Å²) >= 11 is 0. The van der Waals surface area contributed by atoms with Gasteiger partial charge in [0.2, 0.25) is 11.7 Å². The van der Waals surface area contributed by atoms with Crippen molar-refractivity contribution in [2.24, 2.45) is 5.73 Å². The second kappa shape index (κ2) is 8.12. The molecule has 0 unspecified atom stereocenters. The number of guanidine groups is 1. The van der Waals surface area contributed by atoms with Crippen LogP contribution >= 0.6 is 0 Å². The third kappa shape index (κ3) is 4.14. The molecule has 0 radical (unpaired) electrons. The number of nitrogens with one attached hydrogen (secondary N) is 1. The lowest BCUT2D eigenvalue weighted by Gasteiger charge is -2.37. The number of ether oxygens (including phenoxy) is 1. The number of hydrogen-bond donors (Lipinski definition) is 2. The van der Waals surface area contributed by atoms with Gasteiger partial charge in [-0.25, -0.2) is 0 Å². The summed E-state index contributed by atoms with van der Waals surface area (Å²) in [6.07, 6.45) is 1.98. The van der Waals surface area contributed by atoms with Gasteiger partial charge < -0.3 is 19.9 Å². The van der Waals surface area contributed by atoms with Gasteiger partial charge in [-0.2, -0.15) is 4.98 Å². The lowest BCUT2D eigenvalue weighted by Crippen LogP contribution is -2.51. The summed E-state index contributed by atoms with van der Waals surface area (Å²) in [4.78, 5) is 6.24. The van der Waals surface area contributed by atoms with E-state index in [1.54, 1.807) is 4.90 Å². The Hall–Kier alpha value is -3.35. The maximum Gasteiger partial charge on any atom is 0.233 e. The van der Waals surface area contributed by atoms with Crippen molar-refractivity contribution < 1.29 is 9.26 Å². The predicted molar refractivity (Wildman–Crippen MR) is 106 cm³/mol. The van der Waals surface area contributed by atoms with Crippen molar-refractivity contribution >= 4 is 5.96 Å². The molecule has 4 rings (SSSR count). The lowest BCUT2D eigenvalue weighted by atomic mass is 10.0. The van der Waals surface area contributed by atoms with Crippen LogP contribution in [-0.4, -0.2) is 40.7 Å². The number of aromatic nitrogens is 2. The van der Waals surface area contributed by atoms with Crippen molar-refractivity contribution in [2.75, 3.05) is 19.7 Å². The second-order valence-electron chi connectivity index (χ2n) is 6.91. The third-order valence-electron chi connectivity index (χ3n) is 4.85. The van der Waals surface area contributed by atoms with Crippen LogP contribution in [0.1, 0.15) is 23.8 Å². The second-order valence-corrected chi connectivity index (χ2v) is 6.91. The van der Waals surface area contributed by atoms with Crippen molar-refractivity contribution in [2.45, 2.75) is 18.8 Å². The molecule has 1 saturated heterocycles. The van der Waals surface area contributed by atoms with Crippen molar-refractivity contribution in [3.05, 3.63) is 66.1 Å². The van der Waals surface area contributed by atoms with Gasteiger partial charge in [-0.1, -0.05) is 35.5 Å².